The topological polar surface area (TPSA) is 99.2 Å². The van der Waals surface area contributed by atoms with Crippen molar-refractivity contribution in [3.8, 4) is 0 Å². The summed E-state index contributed by atoms with van der Waals surface area (Å²) in [4.78, 5) is 19.3. The van der Waals surface area contributed by atoms with Gasteiger partial charge in [0.15, 0.2) is 5.65 Å². The van der Waals surface area contributed by atoms with Crippen molar-refractivity contribution in [1.82, 2.24) is 19.9 Å². The van der Waals surface area contributed by atoms with Crippen LogP contribution in [0.15, 0.2) is 42.7 Å². The first-order chi connectivity index (χ1) is 14.7. The molecule has 5 rings (SSSR count). The zero-order valence-electron chi connectivity index (χ0n) is 16.8. The predicted octanol–water partition coefficient (Wildman–Crippen LogP) is 2.62. The molecule has 4 heterocycles. The number of pyridine rings is 1. The first-order valence-corrected chi connectivity index (χ1v) is 10.1. The van der Waals surface area contributed by atoms with E-state index in [1.807, 2.05) is 18.3 Å². The van der Waals surface area contributed by atoms with E-state index in [4.69, 9.17) is 9.72 Å². The summed E-state index contributed by atoms with van der Waals surface area (Å²) in [6.45, 7) is 4.68. The lowest BCUT2D eigenvalue weighted by Gasteiger charge is -2.32. The Hall–Kier alpha value is -3.23. The zero-order valence-corrected chi connectivity index (χ0v) is 16.8. The van der Waals surface area contributed by atoms with Gasteiger partial charge in [-0.3, -0.25) is 0 Å². The molecule has 8 heteroatoms. The smallest absolute Gasteiger partial charge is 0.182 e. The fourth-order valence-electron chi connectivity index (χ4n) is 3.96. The van der Waals surface area contributed by atoms with Gasteiger partial charge in [0.1, 0.15) is 17.2 Å². The van der Waals surface area contributed by atoms with Crippen LogP contribution in [0.25, 0.3) is 22.1 Å². The second-order valence-electron chi connectivity index (χ2n) is 7.55. The number of fused-ring (bicyclic) bond motifs is 2. The molecule has 30 heavy (non-hydrogen) atoms. The predicted molar refractivity (Wildman–Crippen MR) is 117 cm³/mol. The highest BCUT2D eigenvalue weighted by molar-refractivity contribution is 5.86. The van der Waals surface area contributed by atoms with Gasteiger partial charge in [-0.25, -0.2) is 15.0 Å². The van der Waals surface area contributed by atoms with Gasteiger partial charge in [0, 0.05) is 36.7 Å². The van der Waals surface area contributed by atoms with Crippen LogP contribution in [0.5, 0.6) is 0 Å². The fourth-order valence-corrected chi connectivity index (χ4v) is 3.96. The van der Waals surface area contributed by atoms with E-state index in [2.05, 4.69) is 50.3 Å². The molecule has 0 bridgehead atoms. The highest BCUT2D eigenvalue weighted by Crippen LogP contribution is 2.23. The van der Waals surface area contributed by atoms with E-state index in [1.54, 1.807) is 6.20 Å². The summed E-state index contributed by atoms with van der Waals surface area (Å²) in [5.41, 5.74) is 4.91. The van der Waals surface area contributed by atoms with Gasteiger partial charge in [0.2, 0.25) is 0 Å². The Morgan fingerprint density at radius 3 is 3.10 bits per heavy atom. The number of aromatic amines is 1. The first-order valence-electron chi connectivity index (χ1n) is 10.1. The van der Waals surface area contributed by atoms with Crippen LogP contribution >= 0.6 is 0 Å². The van der Waals surface area contributed by atoms with Crippen LogP contribution in [0.2, 0.25) is 0 Å². The van der Waals surface area contributed by atoms with E-state index >= 15 is 0 Å². The summed E-state index contributed by atoms with van der Waals surface area (Å²) in [7, 11) is 0. The van der Waals surface area contributed by atoms with Crippen LogP contribution in [-0.4, -0.2) is 57.4 Å². The minimum atomic E-state index is -0.185. The molecular formula is C22H24N6O2. The Balaban J connectivity index is 1.38. The summed E-state index contributed by atoms with van der Waals surface area (Å²) in [6.07, 6.45) is 3.59. The number of aryl methyl sites for hydroxylation is 1. The molecule has 4 aromatic rings. The number of aliphatic hydroxyl groups excluding tert-OH is 1. The Bertz CT molecular complexity index is 1190. The van der Waals surface area contributed by atoms with Gasteiger partial charge in [-0.15, -0.1) is 0 Å². The molecular weight excluding hydrogens is 380 g/mol. The number of rotatable bonds is 5. The third kappa shape index (κ3) is 3.55. The average Bonchev–Trinajstić information content (AvgIpc) is 3.18. The molecule has 154 valence electrons. The van der Waals surface area contributed by atoms with Crippen LogP contribution in [0.3, 0.4) is 0 Å². The van der Waals surface area contributed by atoms with Crippen molar-refractivity contribution in [3.05, 3.63) is 53.9 Å². The number of hydrogen-bond acceptors (Lipinski definition) is 7. The lowest BCUT2D eigenvalue weighted by Crippen LogP contribution is -2.44. The number of nitrogens with zero attached hydrogens (tertiary/aromatic N) is 4. The number of morpholine rings is 1. The van der Waals surface area contributed by atoms with Crippen molar-refractivity contribution in [1.29, 1.82) is 0 Å². The first kappa shape index (κ1) is 18.8. The van der Waals surface area contributed by atoms with Crippen molar-refractivity contribution in [2.75, 3.05) is 36.5 Å². The summed E-state index contributed by atoms with van der Waals surface area (Å²) in [5.74, 6) is 1.51. The summed E-state index contributed by atoms with van der Waals surface area (Å²) in [6, 6.07) is 10.1. The zero-order chi connectivity index (χ0) is 20.5. The second-order valence-corrected chi connectivity index (χ2v) is 7.55. The van der Waals surface area contributed by atoms with Gasteiger partial charge in [-0.2, -0.15) is 0 Å². The molecule has 0 aliphatic carbocycles. The second kappa shape index (κ2) is 7.89. The number of ether oxygens (including phenoxy) is 1. The van der Waals surface area contributed by atoms with Crippen LogP contribution in [-0.2, 0) is 11.3 Å². The molecule has 1 aliphatic rings. The average molecular weight is 404 g/mol. The van der Waals surface area contributed by atoms with Gasteiger partial charge in [0.25, 0.3) is 0 Å². The minimum absolute atomic E-state index is 0.00528. The Kier molecular flexibility index (Phi) is 4.94. The van der Waals surface area contributed by atoms with Gasteiger partial charge in [-0.05, 0) is 36.2 Å². The summed E-state index contributed by atoms with van der Waals surface area (Å²) < 4.78 is 5.53. The maximum absolute atomic E-state index is 9.38. The maximum atomic E-state index is 9.38. The van der Waals surface area contributed by atoms with Crippen molar-refractivity contribution in [2.24, 2.45) is 0 Å². The van der Waals surface area contributed by atoms with E-state index < -0.39 is 0 Å². The molecule has 0 spiro atoms. The molecule has 1 fully saturated rings. The van der Waals surface area contributed by atoms with Crippen molar-refractivity contribution in [2.45, 2.75) is 19.6 Å². The highest BCUT2D eigenvalue weighted by atomic mass is 16.5. The van der Waals surface area contributed by atoms with Crippen LogP contribution in [0, 0.1) is 6.92 Å². The van der Waals surface area contributed by atoms with Crippen molar-refractivity contribution < 1.29 is 9.84 Å². The molecule has 3 aromatic heterocycles. The Morgan fingerprint density at radius 1 is 1.27 bits per heavy atom. The quantitative estimate of drug-likeness (QED) is 0.470. The number of hydrogen-bond donors (Lipinski definition) is 3. The maximum Gasteiger partial charge on any atom is 0.182 e. The van der Waals surface area contributed by atoms with Gasteiger partial charge in [0.05, 0.1) is 25.5 Å². The number of H-pyrrole nitrogens is 1. The molecule has 1 aromatic carbocycles. The highest BCUT2D eigenvalue weighted by Gasteiger charge is 2.21. The monoisotopic (exact) mass is 404 g/mol. The van der Waals surface area contributed by atoms with Crippen LogP contribution in [0.1, 0.15) is 11.1 Å². The number of aromatic nitrogens is 4. The van der Waals surface area contributed by atoms with Crippen molar-refractivity contribution in [3.63, 3.8) is 0 Å². The molecule has 0 amide bonds. The number of benzene rings is 1. The van der Waals surface area contributed by atoms with E-state index in [-0.39, 0.29) is 12.7 Å². The number of aliphatic hydroxyl groups is 1. The number of nitrogens with one attached hydrogen (secondary N) is 2. The van der Waals surface area contributed by atoms with Crippen molar-refractivity contribution >= 4 is 33.7 Å². The van der Waals surface area contributed by atoms with E-state index in [1.165, 1.54) is 16.5 Å². The van der Waals surface area contributed by atoms with Crippen LogP contribution < -0.4 is 10.2 Å². The third-order valence-corrected chi connectivity index (χ3v) is 5.51. The minimum Gasteiger partial charge on any atom is -0.394 e. The molecule has 0 radical (unpaired) electrons. The molecule has 0 saturated carbocycles. The molecule has 1 saturated heterocycles. The van der Waals surface area contributed by atoms with E-state index in [0.29, 0.717) is 31.2 Å². The molecule has 8 nitrogen and oxygen atoms in total. The SMILES string of the molecule is Cc1c[nH]c2cccc(CNc3cnc4ccc(N5CCO[C@@H](CO)C5)nc4n3)c12. The third-order valence-electron chi connectivity index (χ3n) is 5.51. The Labute approximate surface area is 173 Å². The lowest BCUT2D eigenvalue weighted by molar-refractivity contribution is 0.00337. The summed E-state index contributed by atoms with van der Waals surface area (Å²) in [5, 5.41) is 14.0. The van der Waals surface area contributed by atoms with Crippen LogP contribution in [0.4, 0.5) is 11.6 Å². The lowest BCUT2D eigenvalue weighted by atomic mass is 10.1. The summed E-state index contributed by atoms with van der Waals surface area (Å²) >= 11 is 0. The number of anilines is 2. The van der Waals surface area contributed by atoms with E-state index in [9.17, 15) is 5.11 Å². The normalized spacial score (nSPS) is 17.0. The molecule has 1 aliphatic heterocycles. The van der Waals surface area contributed by atoms with Gasteiger partial charge < -0.3 is 25.0 Å². The Morgan fingerprint density at radius 2 is 2.20 bits per heavy atom. The fraction of sp³-hybridized carbons (Fsp3) is 0.318. The molecule has 3 N–H and O–H groups in total. The van der Waals surface area contributed by atoms with E-state index in [0.717, 1.165) is 23.4 Å². The largest absolute Gasteiger partial charge is 0.394 e. The molecule has 0 unspecified atom stereocenters. The van der Waals surface area contributed by atoms with Gasteiger partial charge in [-0.1, -0.05) is 12.1 Å². The molecule has 1 atom stereocenters. The standard InChI is InChI=1S/C22H24N6O2/c1-14-9-23-17-4-2-3-15(21(14)17)10-25-19-11-24-18-5-6-20(27-22(18)26-19)28-7-8-30-16(12-28)13-29/h2-6,9,11,16,23,29H,7-8,10,12-13H2,1H3,(H,25,26,27)/t16-/m1/s1. The van der Waals surface area contributed by atoms with Gasteiger partial charge >= 0.3 is 0 Å².